The molecule has 174 valence electrons. The topological polar surface area (TPSA) is 76.1 Å². The molecule has 0 aromatic heterocycles. The summed E-state index contributed by atoms with van der Waals surface area (Å²) < 4.78 is 37.5. The van der Waals surface area contributed by atoms with E-state index < -0.39 is 35.1 Å². The fourth-order valence-corrected chi connectivity index (χ4v) is 3.96. The van der Waals surface area contributed by atoms with E-state index in [0.29, 0.717) is 22.6 Å². The summed E-state index contributed by atoms with van der Waals surface area (Å²) in [5, 5.41) is 11.2. The van der Waals surface area contributed by atoms with Crippen molar-refractivity contribution in [2.75, 3.05) is 14.2 Å². The number of ketones is 1. The van der Waals surface area contributed by atoms with Crippen molar-refractivity contribution in [2.45, 2.75) is 12.6 Å². The average Bonchev–Trinajstić information content (AvgIpc) is 3.09. The van der Waals surface area contributed by atoms with Crippen LogP contribution in [0.4, 0.5) is 8.78 Å². The Morgan fingerprint density at radius 3 is 2.06 bits per heavy atom. The number of likely N-dealkylation sites (tertiary alicyclic amines) is 1. The average molecular weight is 465 g/mol. The summed E-state index contributed by atoms with van der Waals surface area (Å²) in [6.07, 6.45) is 0. The molecule has 34 heavy (non-hydrogen) atoms. The van der Waals surface area contributed by atoms with Crippen LogP contribution in [0.25, 0.3) is 5.76 Å². The number of amides is 1. The molecule has 1 aliphatic rings. The largest absolute Gasteiger partial charge is 0.507 e. The molecule has 0 radical (unpaired) electrons. The number of aliphatic hydroxyl groups is 1. The van der Waals surface area contributed by atoms with E-state index in [9.17, 15) is 23.5 Å². The second-order valence-electron chi connectivity index (χ2n) is 7.67. The molecule has 0 aliphatic carbocycles. The van der Waals surface area contributed by atoms with Crippen LogP contribution in [0.15, 0.2) is 72.3 Å². The predicted octanol–water partition coefficient (Wildman–Crippen LogP) is 4.60. The van der Waals surface area contributed by atoms with Crippen molar-refractivity contribution in [2.24, 2.45) is 0 Å². The van der Waals surface area contributed by atoms with E-state index in [1.807, 2.05) is 0 Å². The number of hydrogen-bond acceptors (Lipinski definition) is 5. The Balaban J connectivity index is 1.85. The minimum Gasteiger partial charge on any atom is -0.507 e. The van der Waals surface area contributed by atoms with Crippen LogP contribution in [0, 0.1) is 11.6 Å². The zero-order chi connectivity index (χ0) is 24.4. The first-order valence-electron chi connectivity index (χ1n) is 10.3. The molecule has 3 aromatic carbocycles. The third-order valence-corrected chi connectivity index (χ3v) is 5.65. The van der Waals surface area contributed by atoms with Crippen molar-refractivity contribution in [1.82, 2.24) is 4.90 Å². The molecule has 4 rings (SSSR count). The van der Waals surface area contributed by atoms with Gasteiger partial charge in [-0.2, -0.15) is 0 Å². The highest BCUT2D eigenvalue weighted by Crippen LogP contribution is 2.41. The SMILES string of the molecule is COc1ccc(/C(O)=C2/C(=O)C(=O)N(Cc3ccc(F)cc3)C2c2ccc(F)cc2)cc1OC. The minimum absolute atomic E-state index is 0.0182. The zero-order valence-corrected chi connectivity index (χ0v) is 18.4. The van der Waals surface area contributed by atoms with E-state index >= 15 is 0 Å². The van der Waals surface area contributed by atoms with Crippen molar-refractivity contribution in [3.63, 3.8) is 0 Å². The maximum atomic E-state index is 13.6. The number of rotatable bonds is 6. The van der Waals surface area contributed by atoms with Crippen LogP contribution in [0.1, 0.15) is 22.7 Å². The van der Waals surface area contributed by atoms with Gasteiger partial charge in [-0.05, 0) is 53.6 Å². The number of aliphatic hydroxyl groups excluding tert-OH is 1. The minimum atomic E-state index is -0.987. The third kappa shape index (κ3) is 4.22. The van der Waals surface area contributed by atoms with Gasteiger partial charge in [0.1, 0.15) is 17.4 Å². The highest BCUT2D eigenvalue weighted by Gasteiger charge is 2.46. The molecule has 1 N–H and O–H groups in total. The van der Waals surface area contributed by atoms with Gasteiger partial charge in [0.25, 0.3) is 11.7 Å². The molecule has 1 unspecified atom stereocenters. The fraction of sp³-hybridized carbons (Fsp3) is 0.154. The molecule has 1 amide bonds. The molecule has 6 nitrogen and oxygen atoms in total. The molecule has 8 heteroatoms. The van der Waals surface area contributed by atoms with Crippen LogP contribution in [0.5, 0.6) is 11.5 Å². The molecule has 0 bridgehead atoms. The number of halogens is 2. The van der Waals surface area contributed by atoms with Gasteiger partial charge < -0.3 is 19.5 Å². The number of ether oxygens (including phenoxy) is 2. The molecule has 0 saturated carbocycles. The predicted molar refractivity (Wildman–Crippen MR) is 120 cm³/mol. The molecule has 1 heterocycles. The lowest BCUT2D eigenvalue weighted by atomic mass is 9.95. The molecular weight excluding hydrogens is 444 g/mol. The van der Waals surface area contributed by atoms with Crippen molar-refractivity contribution < 1.29 is 33.0 Å². The van der Waals surface area contributed by atoms with Crippen molar-refractivity contribution in [3.05, 3.63) is 101 Å². The van der Waals surface area contributed by atoms with E-state index in [2.05, 4.69) is 0 Å². The van der Waals surface area contributed by atoms with Gasteiger partial charge in [0.2, 0.25) is 0 Å². The molecule has 1 fully saturated rings. The summed E-state index contributed by atoms with van der Waals surface area (Å²) >= 11 is 0. The van der Waals surface area contributed by atoms with E-state index in [4.69, 9.17) is 9.47 Å². The first-order valence-corrected chi connectivity index (χ1v) is 10.3. The molecule has 3 aromatic rings. The lowest BCUT2D eigenvalue weighted by Gasteiger charge is -2.25. The Hall–Kier alpha value is -4.20. The highest BCUT2D eigenvalue weighted by atomic mass is 19.1. The summed E-state index contributed by atoms with van der Waals surface area (Å²) in [6.45, 7) is -0.0182. The standard InChI is InChI=1S/C26H21F2NO5/c1-33-20-12-7-17(13-21(20)34-2)24(30)22-23(16-5-10-19(28)11-6-16)29(26(32)25(22)31)14-15-3-8-18(27)9-4-15/h3-13,23,30H,14H2,1-2H3/b24-22-. The van der Waals surface area contributed by atoms with Crippen molar-refractivity contribution in [3.8, 4) is 11.5 Å². The van der Waals surface area contributed by atoms with Gasteiger partial charge in [-0.3, -0.25) is 9.59 Å². The Bertz CT molecular complexity index is 1270. The molecule has 1 atom stereocenters. The molecule has 1 aliphatic heterocycles. The van der Waals surface area contributed by atoms with E-state index in [0.717, 1.165) is 0 Å². The number of methoxy groups -OCH3 is 2. The normalized spacial score (nSPS) is 17.2. The van der Waals surface area contributed by atoms with Crippen LogP contribution in [-0.4, -0.2) is 35.9 Å². The first kappa shape index (κ1) is 23.0. The van der Waals surface area contributed by atoms with Gasteiger partial charge in [-0.25, -0.2) is 8.78 Å². The summed E-state index contributed by atoms with van der Waals surface area (Å²) in [4.78, 5) is 27.4. The summed E-state index contributed by atoms with van der Waals surface area (Å²) in [5.74, 6) is -2.30. The lowest BCUT2D eigenvalue weighted by Crippen LogP contribution is -2.29. The van der Waals surface area contributed by atoms with E-state index in [1.165, 1.54) is 79.8 Å². The Labute approximate surface area is 194 Å². The van der Waals surface area contributed by atoms with E-state index in [-0.39, 0.29) is 17.7 Å². The molecule has 0 spiro atoms. The third-order valence-electron chi connectivity index (χ3n) is 5.65. The maximum absolute atomic E-state index is 13.6. The number of carbonyl (C=O) groups is 2. The quantitative estimate of drug-likeness (QED) is 0.327. The van der Waals surface area contributed by atoms with Crippen LogP contribution in [-0.2, 0) is 16.1 Å². The summed E-state index contributed by atoms with van der Waals surface area (Å²) in [6, 6.07) is 14.4. The Morgan fingerprint density at radius 1 is 0.882 bits per heavy atom. The Morgan fingerprint density at radius 2 is 1.47 bits per heavy atom. The van der Waals surface area contributed by atoms with E-state index in [1.54, 1.807) is 6.07 Å². The van der Waals surface area contributed by atoms with Crippen molar-refractivity contribution in [1.29, 1.82) is 0 Å². The second-order valence-corrected chi connectivity index (χ2v) is 7.67. The number of hydrogen-bond donors (Lipinski definition) is 1. The number of Topliss-reactive ketones (excluding diaryl/α,β-unsaturated/α-hetero) is 1. The fourth-order valence-electron chi connectivity index (χ4n) is 3.96. The highest BCUT2D eigenvalue weighted by molar-refractivity contribution is 6.46. The van der Waals surface area contributed by atoms with Crippen LogP contribution in [0.2, 0.25) is 0 Å². The smallest absolute Gasteiger partial charge is 0.295 e. The zero-order valence-electron chi connectivity index (χ0n) is 18.4. The first-order chi connectivity index (χ1) is 16.3. The van der Waals surface area contributed by atoms with Gasteiger partial charge >= 0.3 is 0 Å². The van der Waals surface area contributed by atoms with Gasteiger partial charge in [0, 0.05) is 12.1 Å². The van der Waals surface area contributed by atoms with Crippen LogP contribution < -0.4 is 9.47 Å². The second kappa shape index (κ2) is 9.35. The molecular formula is C26H21F2NO5. The van der Waals surface area contributed by atoms with Crippen LogP contribution in [0.3, 0.4) is 0 Å². The number of benzene rings is 3. The summed E-state index contributed by atoms with van der Waals surface area (Å²) in [5.41, 5.74) is 1.11. The monoisotopic (exact) mass is 465 g/mol. The Kier molecular flexibility index (Phi) is 6.32. The summed E-state index contributed by atoms with van der Waals surface area (Å²) in [7, 11) is 2.90. The number of carbonyl (C=O) groups excluding carboxylic acids is 2. The van der Waals surface area contributed by atoms with Crippen LogP contribution >= 0.6 is 0 Å². The van der Waals surface area contributed by atoms with Gasteiger partial charge in [0.05, 0.1) is 25.8 Å². The van der Waals surface area contributed by atoms with Crippen molar-refractivity contribution >= 4 is 17.4 Å². The van der Waals surface area contributed by atoms with Gasteiger partial charge in [0.15, 0.2) is 11.5 Å². The molecule has 1 saturated heterocycles. The lowest BCUT2D eigenvalue weighted by molar-refractivity contribution is -0.140. The maximum Gasteiger partial charge on any atom is 0.295 e. The van der Waals surface area contributed by atoms with Gasteiger partial charge in [-0.1, -0.05) is 24.3 Å². The number of nitrogens with zero attached hydrogens (tertiary/aromatic N) is 1. The van der Waals surface area contributed by atoms with Gasteiger partial charge in [-0.15, -0.1) is 0 Å².